The Morgan fingerprint density at radius 2 is 1.89 bits per heavy atom. The van der Waals surface area contributed by atoms with Gasteiger partial charge in [0, 0.05) is 64.2 Å². The first-order valence-corrected chi connectivity index (χ1v) is 9.74. The number of amides is 3. The molecular formula is C19H29N5O3. The van der Waals surface area contributed by atoms with Gasteiger partial charge in [-0.05, 0) is 31.4 Å². The van der Waals surface area contributed by atoms with Gasteiger partial charge in [0.2, 0.25) is 0 Å². The molecule has 8 heteroatoms. The van der Waals surface area contributed by atoms with Crippen molar-refractivity contribution in [3.05, 3.63) is 30.1 Å². The van der Waals surface area contributed by atoms with Crippen LogP contribution in [0.25, 0.3) is 0 Å². The highest BCUT2D eigenvalue weighted by molar-refractivity contribution is 5.74. The van der Waals surface area contributed by atoms with Crippen LogP contribution < -0.4 is 5.32 Å². The average molecular weight is 375 g/mol. The molecule has 8 nitrogen and oxygen atoms in total. The van der Waals surface area contributed by atoms with Crippen molar-refractivity contribution in [3.63, 3.8) is 0 Å². The van der Waals surface area contributed by atoms with Crippen LogP contribution in [0, 0.1) is 0 Å². The molecule has 27 heavy (non-hydrogen) atoms. The number of piperazine rings is 1. The number of ether oxygens (including phenoxy) is 1. The predicted molar refractivity (Wildman–Crippen MR) is 101 cm³/mol. The highest BCUT2D eigenvalue weighted by Gasteiger charge is 2.27. The summed E-state index contributed by atoms with van der Waals surface area (Å²) in [5.74, 6) is 0. The van der Waals surface area contributed by atoms with Crippen molar-refractivity contribution < 1.29 is 14.3 Å². The molecule has 3 rings (SSSR count). The minimum absolute atomic E-state index is 0.00520. The molecule has 0 aromatic carbocycles. The largest absolute Gasteiger partial charge is 0.450 e. The van der Waals surface area contributed by atoms with E-state index in [9.17, 15) is 9.59 Å². The van der Waals surface area contributed by atoms with Crippen molar-refractivity contribution in [2.45, 2.75) is 32.4 Å². The molecule has 3 heterocycles. The molecule has 1 N–H and O–H groups in total. The Morgan fingerprint density at radius 1 is 1.15 bits per heavy atom. The van der Waals surface area contributed by atoms with Crippen LogP contribution in [0.2, 0.25) is 0 Å². The number of nitrogens with one attached hydrogen (secondary N) is 1. The molecule has 2 fully saturated rings. The molecule has 0 bridgehead atoms. The van der Waals surface area contributed by atoms with E-state index >= 15 is 0 Å². The Balaban J connectivity index is 1.37. The molecule has 1 aromatic rings. The number of aromatic nitrogens is 1. The quantitative estimate of drug-likeness (QED) is 0.864. The monoisotopic (exact) mass is 375 g/mol. The number of rotatable bonds is 4. The van der Waals surface area contributed by atoms with Crippen LogP contribution in [-0.2, 0) is 11.3 Å². The third-order valence-electron chi connectivity index (χ3n) is 5.14. The van der Waals surface area contributed by atoms with E-state index in [4.69, 9.17) is 4.74 Å². The summed E-state index contributed by atoms with van der Waals surface area (Å²) in [5.41, 5.74) is 1.20. The molecule has 2 aliphatic heterocycles. The second kappa shape index (κ2) is 9.55. The number of hydrogen-bond acceptors (Lipinski definition) is 5. The zero-order valence-corrected chi connectivity index (χ0v) is 16.0. The Bertz CT molecular complexity index is 611. The second-order valence-electron chi connectivity index (χ2n) is 7.03. The first-order chi connectivity index (χ1) is 13.2. The van der Waals surface area contributed by atoms with Crippen LogP contribution in [0.15, 0.2) is 24.5 Å². The first kappa shape index (κ1) is 19.4. The van der Waals surface area contributed by atoms with Gasteiger partial charge in [0.15, 0.2) is 0 Å². The van der Waals surface area contributed by atoms with Gasteiger partial charge >= 0.3 is 12.1 Å². The van der Waals surface area contributed by atoms with Gasteiger partial charge in [0.1, 0.15) is 0 Å². The maximum atomic E-state index is 12.5. The van der Waals surface area contributed by atoms with Gasteiger partial charge in [-0.1, -0.05) is 6.07 Å². The Labute approximate surface area is 160 Å². The lowest BCUT2D eigenvalue weighted by atomic mass is 10.1. The maximum Gasteiger partial charge on any atom is 0.409 e. The SMILES string of the molecule is CCOC(=O)N1CCC(NC(=O)N2CCN(Cc3cccnc3)CC2)CC1. The summed E-state index contributed by atoms with van der Waals surface area (Å²) in [6, 6.07) is 4.16. The third kappa shape index (κ3) is 5.56. The summed E-state index contributed by atoms with van der Waals surface area (Å²) in [7, 11) is 0. The number of piperidine rings is 1. The van der Waals surface area contributed by atoms with E-state index in [0.717, 1.165) is 45.6 Å². The Morgan fingerprint density at radius 3 is 2.52 bits per heavy atom. The van der Waals surface area contributed by atoms with Gasteiger partial charge in [-0.3, -0.25) is 9.88 Å². The lowest BCUT2D eigenvalue weighted by Crippen LogP contribution is -2.54. The van der Waals surface area contributed by atoms with E-state index in [1.807, 2.05) is 17.2 Å². The highest BCUT2D eigenvalue weighted by atomic mass is 16.6. The normalized spacial score (nSPS) is 19.0. The molecule has 2 saturated heterocycles. The fourth-order valence-corrected chi connectivity index (χ4v) is 3.55. The summed E-state index contributed by atoms with van der Waals surface area (Å²) < 4.78 is 5.03. The molecule has 0 spiro atoms. The molecule has 3 amide bonds. The van der Waals surface area contributed by atoms with Crippen LogP contribution in [0.3, 0.4) is 0 Å². The molecule has 0 saturated carbocycles. The zero-order chi connectivity index (χ0) is 19.1. The van der Waals surface area contributed by atoms with Gasteiger partial charge in [0.05, 0.1) is 6.61 Å². The van der Waals surface area contributed by atoms with E-state index in [1.54, 1.807) is 18.0 Å². The summed E-state index contributed by atoms with van der Waals surface area (Å²) in [6.07, 6.45) is 4.95. The van der Waals surface area contributed by atoms with E-state index in [1.165, 1.54) is 5.56 Å². The van der Waals surface area contributed by atoms with Crippen molar-refractivity contribution >= 4 is 12.1 Å². The summed E-state index contributed by atoms with van der Waals surface area (Å²) in [6.45, 7) is 7.51. The molecule has 0 aliphatic carbocycles. The van der Waals surface area contributed by atoms with E-state index in [2.05, 4.69) is 21.3 Å². The van der Waals surface area contributed by atoms with Crippen molar-refractivity contribution in [3.8, 4) is 0 Å². The van der Waals surface area contributed by atoms with Crippen LogP contribution in [0.5, 0.6) is 0 Å². The number of likely N-dealkylation sites (tertiary alicyclic amines) is 1. The fraction of sp³-hybridized carbons (Fsp3) is 0.632. The summed E-state index contributed by atoms with van der Waals surface area (Å²) in [5, 5.41) is 3.12. The lowest BCUT2D eigenvalue weighted by Gasteiger charge is -2.37. The van der Waals surface area contributed by atoms with Crippen molar-refractivity contribution in [2.75, 3.05) is 45.9 Å². The van der Waals surface area contributed by atoms with E-state index < -0.39 is 0 Å². The molecular weight excluding hydrogens is 346 g/mol. The predicted octanol–water partition coefficient (Wildman–Crippen LogP) is 1.53. The van der Waals surface area contributed by atoms with Crippen molar-refractivity contribution in [2.24, 2.45) is 0 Å². The van der Waals surface area contributed by atoms with Gasteiger partial charge < -0.3 is 19.9 Å². The number of pyridine rings is 1. The molecule has 0 radical (unpaired) electrons. The van der Waals surface area contributed by atoms with Crippen molar-refractivity contribution in [1.82, 2.24) is 25.0 Å². The molecule has 1 aromatic heterocycles. The lowest BCUT2D eigenvalue weighted by molar-refractivity contribution is 0.0939. The second-order valence-corrected chi connectivity index (χ2v) is 7.03. The van der Waals surface area contributed by atoms with Crippen LogP contribution in [0.1, 0.15) is 25.3 Å². The summed E-state index contributed by atoms with van der Waals surface area (Å²) in [4.78, 5) is 34.4. The first-order valence-electron chi connectivity index (χ1n) is 9.74. The minimum atomic E-state index is -0.257. The van der Waals surface area contributed by atoms with Gasteiger partial charge in [-0.15, -0.1) is 0 Å². The minimum Gasteiger partial charge on any atom is -0.450 e. The Kier molecular flexibility index (Phi) is 6.86. The molecule has 0 atom stereocenters. The molecule has 0 unspecified atom stereocenters. The standard InChI is InChI=1S/C19H29N5O3/c1-2-27-19(26)24-8-5-17(6-9-24)21-18(25)23-12-10-22(11-13-23)15-16-4-3-7-20-14-16/h3-4,7,14,17H,2,5-6,8-13,15H2,1H3,(H,21,25). The maximum absolute atomic E-state index is 12.5. The number of carbonyl (C=O) groups excluding carboxylic acids is 2. The molecule has 148 valence electrons. The Hall–Kier alpha value is -2.35. The van der Waals surface area contributed by atoms with Gasteiger partial charge in [0.25, 0.3) is 0 Å². The average Bonchev–Trinajstić information content (AvgIpc) is 2.70. The number of nitrogens with zero attached hydrogens (tertiary/aromatic N) is 4. The number of urea groups is 1. The van der Waals surface area contributed by atoms with Crippen LogP contribution in [-0.4, -0.2) is 83.7 Å². The number of hydrogen-bond donors (Lipinski definition) is 1. The van der Waals surface area contributed by atoms with Crippen LogP contribution >= 0.6 is 0 Å². The third-order valence-corrected chi connectivity index (χ3v) is 5.14. The highest BCUT2D eigenvalue weighted by Crippen LogP contribution is 2.13. The van der Waals surface area contributed by atoms with Gasteiger partial charge in [-0.2, -0.15) is 0 Å². The number of carbonyl (C=O) groups is 2. The van der Waals surface area contributed by atoms with Crippen LogP contribution in [0.4, 0.5) is 9.59 Å². The summed E-state index contributed by atoms with van der Waals surface area (Å²) >= 11 is 0. The van der Waals surface area contributed by atoms with Crippen molar-refractivity contribution in [1.29, 1.82) is 0 Å². The smallest absolute Gasteiger partial charge is 0.409 e. The molecule has 2 aliphatic rings. The zero-order valence-electron chi connectivity index (χ0n) is 16.0. The van der Waals surface area contributed by atoms with E-state index in [0.29, 0.717) is 19.7 Å². The fourth-order valence-electron chi connectivity index (χ4n) is 3.55. The topological polar surface area (TPSA) is 78.0 Å². The van der Waals surface area contributed by atoms with E-state index in [-0.39, 0.29) is 18.2 Å². The van der Waals surface area contributed by atoms with Gasteiger partial charge in [-0.25, -0.2) is 9.59 Å².